The van der Waals surface area contributed by atoms with Crippen LogP contribution >= 0.6 is 11.3 Å². The van der Waals surface area contributed by atoms with Gasteiger partial charge in [0, 0.05) is 11.6 Å². The molecule has 1 aromatic heterocycles. The lowest BCUT2D eigenvalue weighted by Gasteiger charge is -2.12. The second-order valence-corrected chi connectivity index (χ2v) is 7.45. The van der Waals surface area contributed by atoms with Gasteiger partial charge in [-0.1, -0.05) is 54.0 Å². The lowest BCUT2D eigenvalue weighted by Crippen LogP contribution is -2.20. The Morgan fingerprint density at radius 3 is 2.54 bits per heavy atom. The molecule has 3 aromatic rings. The lowest BCUT2D eigenvalue weighted by atomic mass is 10.1. The number of nitrogens with zero attached hydrogens (tertiary/aromatic N) is 2. The molecule has 4 heteroatoms. The highest BCUT2D eigenvalue weighted by Crippen LogP contribution is 2.32. The van der Waals surface area contributed by atoms with Crippen LogP contribution in [0.15, 0.2) is 53.5 Å². The molecule has 0 radical (unpaired) electrons. The molecule has 1 aliphatic rings. The zero-order chi connectivity index (χ0) is 16.5. The predicted octanol–water partition coefficient (Wildman–Crippen LogP) is 4.87. The number of para-hydroxylation sites is 1. The second-order valence-electron chi connectivity index (χ2n) is 6.44. The molecule has 1 heterocycles. The van der Waals surface area contributed by atoms with Gasteiger partial charge in [0.2, 0.25) is 0 Å². The van der Waals surface area contributed by atoms with E-state index in [2.05, 4.69) is 27.8 Å². The molecule has 24 heavy (non-hydrogen) atoms. The number of hydrogen-bond acceptors (Lipinski definition) is 2. The minimum absolute atomic E-state index is 0.159. The maximum atomic E-state index is 12.6. The summed E-state index contributed by atoms with van der Waals surface area (Å²) < 4.78 is 3.49. The van der Waals surface area contributed by atoms with Crippen LogP contribution in [0.4, 0.5) is 0 Å². The van der Waals surface area contributed by atoms with Crippen molar-refractivity contribution in [3.05, 3.63) is 64.5 Å². The van der Waals surface area contributed by atoms with Gasteiger partial charge in [-0.05, 0) is 44.0 Å². The molecule has 0 unspecified atom stereocenters. The van der Waals surface area contributed by atoms with E-state index in [-0.39, 0.29) is 5.91 Å². The summed E-state index contributed by atoms with van der Waals surface area (Å²) in [5, 5.41) is 0. The standard InChI is InChI=1S/C20H20N2OS/c1-14-10-12-15(13-11-14)19(23)21-20-22(16-6-2-3-7-16)17-8-4-5-9-18(17)24-20/h4-5,8-13,16H,2-3,6-7H2,1H3. The van der Waals surface area contributed by atoms with Crippen molar-refractivity contribution < 1.29 is 4.79 Å². The van der Waals surface area contributed by atoms with Crippen molar-refractivity contribution in [3.63, 3.8) is 0 Å². The molecule has 122 valence electrons. The summed E-state index contributed by atoms with van der Waals surface area (Å²) in [5.74, 6) is -0.159. The Hall–Kier alpha value is -2.20. The van der Waals surface area contributed by atoms with Gasteiger partial charge in [-0.3, -0.25) is 4.79 Å². The SMILES string of the molecule is Cc1ccc(C(=O)N=c2sc3ccccc3n2C2CCCC2)cc1. The van der Waals surface area contributed by atoms with Gasteiger partial charge < -0.3 is 4.57 Å². The van der Waals surface area contributed by atoms with Crippen LogP contribution in [0, 0.1) is 6.92 Å². The van der Waals surface area contributed by atoms with Crippen molar-refractivity contribution in [2.45, 2.75) is 38.6 Å². The molecule has 1 amide bonds. The first-order chi connectivity index (χ1) is 11.7. The summed E-state index contributed by atoms with van der Waals surface area (Å²) in [4.78, 5) is 17.9. The number of fused-ring (bicyclic) bond motifs is 1. The van der Waals surface area contributed by atoms with Gasteiger partial charge in [0.05, 0.1) is 10.2 Å². The van der Waals surface area contributed by atoms with Gasteiger partial charge in [-0.15, -0.1) is 0 Å². The van der Waals surface area contributed by atoms with Crippen molar-refractivity contribution in [1.29, 1.82) is 0 Å². The molecular weight excluding hydrogens is 316 g/mol. The highest BCUT2D eigenvalue weighted by Gasteiger charge is 2.21. The van der Waals surface area contributed by atoms with E-state index in [4.69, 9.17) is 0 Å². The maximum Gasteiger partial charge on any atom is 0.279 e. The third kappa shape index (κ3) is 2.82. The fourth-order valence-electron chi connectivity index (χ4n) is 3.43. The minimum Gasteiger partial charge on any atom is -0.313 e. The number of benzene rings is 2. The zero-order valence-electron chi connectivity index (χ0n) is 13.7. The van der Waals surface area contributed by atoms with E-state index >= 15 is 0 Å². The first kappa shape index (κ1) is 15.3. The van der Waals surface area contributed by atoms with E-state index in [1.165, 1.54) is 35.9 Å². The molecule has 3 nitrogen and oxygen atoms in total. The van der Waals surface area contributed by atoms with Crippen LogP contribution in [0.25, 0.3) is 10.2 Å². The summed E-state index contributed by atoms with van der Waals surface area (Å²) in [7, 11) is 0. The Morgan fingerprint density at radius 2 is 1.79 bits per heavy atom. The molecule has 2 aromatic carbocycles. The number of carbonyl (C=O) groups excluding carboxylic acids is 1. The van der Waals surface area contributed by atoms with Gasteiger partial charge >= 0.3 is 0 Å². The van der Waals surface area contributed by atoms with Gasteiger partial charge in [0.25, 0.3) is 5.91 Å². The smallest absolute Gasteiger partial charge is 0.279 e. The van der Waals surface area contributed by atoms with Gasteiger partial charge in [-0.2, -0.15) is 4.99 Å². The van der Waals surface area contributed by atoms with Crippen molar-refractivity contribution in [1.82, 2.24) is 4.57 Å². The average Bonchev–Trinajstić information content (AvgIpc) is 3.22. The van der Waals surface area contributed by atoms with E-state index in [1.807, 2.05) is 37.3 Å². The van der Waals surface area contributed by atoms with Crippen LogP contribution in [0.5, 0.6) is 0 Å². The van der Waals surface area contributed by atoms with Crippen LogP contribution < -0.4 is 4.80 Å². The van der Waals surface area contributed by atoms with Gasteiger partial charge in [0.1, 0.15) is 0 Å². The highest BCUT2D eigenvalue weighted by molar-refractivity contribution is 7.16. The topological polar surface area (TPSA) is 34.4 Å². The minimum atomic E-state index is -0.159. The molecule has 0 atom stereocenters. The van der Waals surface area contributed by atoms with Crippen molar-refractivity contribution >= 4 is 27.5 Å². The first-order valence-corrected chi connectivity index (χ1v) is 9.30. The van der Waals surface area contributed by atoms with E-state index in [9.17, 15) is 4.79 Å². The number of hydrogen-bond donors (Lipinski definition) is 0. The molecule has 0 spiro atoms. The molecule has 0 N–H and O–H groups in total. The Morgan fingerprint density at radius 1 is 1.08 bits per heavy atom. The average molecular weight is 336 g/mol. The Kier molecular flexibility index (Phi) is 4.07. The maximum absolute atomic E-state index is 12.6. The van der Waals surface area contributed by atoms with Crippen molar-refractivity contribution in [2.75, 3.05) is 0 Å². The molecule has 0 bridgehead atoms. The van der Waals surface area contributed by atoms with Crippen LogP contribution in [-0.4, -0.2) is 10.5 Å². The summed E-state index contributed by atoms with van der Waals surface area (Å²) in [5.41, 5.74) is 3.00. The monoisotopic (exact) mass is 336 g/mol. The Labute approximate surface area is 145 Å². The quantitative estimate of drug-likeness (QED) is 0.657. The fraction of sp³-hybridized carbons (Fsp3) is 0.300. The normalized spacial score (nSPS) is 16.1. The van der Waals surface area contributed by atoms with Crippen LogP contribution in [-0.2, 0) is 0 Å². The van der Waals surface area contributed by atoms with Gasteiger partial charge in [0.15, 0.2) is 4.80 Å². The predicted molar refractivity (Wildman–Crippen MR) is 98.4 cm³/mol. The number of rotatable bonds is 2. The fourth-order valence-corrected chi connectivity index (χ4v) is 4.52. The number of thiazole rings is 1. The molecular formula is C20H20N2OS. The molecule has 0 saturated heterocycles. The molecule has 1 fully saturated rings. The zero-order valence-corrected chi connectivity index (χ0v) is 14.6. The van der Waals surface area contributed by atoms with E-state index in [0.717, 1.165) is 10.4 Å². The molecule has 1 saturated carbocycles. The Bertz CT molecular complexity index is 944. The van der Waals surface area contributed by atoms with Crippen molar-refractivity contribution in [3.8, 4) is 0 Å². The summed E-state index contributed by atoms with van der Waals surface area (Å²) in [6, 6.07) is 16.4. The summed E-state index contributed by atoms with van der Waals surface area (Å²) >= 11 is 1.61. The van der Waals surface area contributed by atoms with Gasteiger partial charge in [-0.25, -0.2) is 0 Å². The van der Waals surface area contributed by atoms with E-state index in [0.29, 0.717) is 11.6 Å². The van der Waals surface area contributed by atoms with Crippen LogP contribution in [0.1, 0.15) is 47.6 Å². The highest BCUT2D eigenvalue weighted by atomic mass is 32.1. The number of carbonyl (C=O) groups is 1. The van der Waals surface area contributed by atoms with Crippen LogP contribution in [0.3, 0.4) is 0 Å². The van der Waals surface area contributed by atoms with Crippen molar-refractivity contribution in [2.24, 2.45) is 4.99 Å². The molecule has 1 aliphatic carbocycles. The first-order valence-electron chi connectivity index (χ1n) is 8.48. The number of amides is 1. The summed E-state index contributed by atoms with van der Waals surface area (Å²) in [6.07, 6.45) is 4.86. The third-order valence-corrected chi connectivity index (χ3v) is 5.75. The molecule has 4 rings (SSSR count). The van der Waals surface area contributed by atoms with E-state index in [1.54, 1.807) is 11.3 Å². The van der Waals surface area contributed by atoms with E-state index < -0.39 is 0 Å². The number of aryl methyl sites for hydroxylation is 1. The van der Waals surface area contributed by atoms with Crippen LogP contribution in [0.2, 0.25) is 0 Å². The molecule has 0 aliphatic heterocycles. The summed E-state index contributed by atoms with van der Waals surface area (Å²) in [6.45, 7) is 2.02. The second kappa shape index (κ2) is 6.36. The number of aromatic nitrogens is 1. The third-order valence-electron chi connectivity index (χ3n) is 4.72. The lowest BCUT2D eigenvalue weighted by molar-refractivity contribution is 0.0997. The largest absolute Gasteiger partial charge is 0.313 e. The Balaban J connectivity index is 1.84.